The molecule has 0 fully saturated rings. The summed E-state index contributed by atoms with van der Waals surface area (Å²) in [6.07, 6.45) is 10.4. The summed E-state index contributed by atoms with van der Waals surface area (Å²) in [5.41, 5.74) is -0.0819. The standard InChI is InChI=1S/C15H30O/c1-5-7-9-11-13-15(3,4)14(16)12-10-8-6-2/h5-13H2,1-4H3. The molecule has 0 unspecified atom stereocenters. The van der Waals surface area contributed by atoms with Crippen molar-refractivity contribution in [3.63, 3.8) is 0 Å². The highest BCUT2D eigenvalue weighted by Gasteiger charge is 2.25. The van der Waals surface area contributed by atoms with Crippen LogP contribution in [0.3, 0.4) is 0 Å². The average molecular weight is 226 g/mol. The summed E-state index contributed by atoms with van der Waals surface area (Å²) in [6.45, 7) is 8.64. The molecule has 0 aromatic carbocycles. The maximum atomic E-state index is 12.0. The molecule has 0 aliphatic heterocycles. The van der Waals surface area contributed by atoms with Crippen molar-refractivity contribution in [2.75, 3.05) is 0 Å². The molecule has 96 valence electrons. The van der Waals surface area contributed by atoms with Gasteiger partial charge in [0.25, 0.3) is 0 Å². The summed E-state index contributed by atoms with van der Waals surface area (Å²) in [5, 5.41) is 0. The molecule has 1 nitrogen and oxygen atoms in total. The van der Waals surface area contributed by atoms with Crippen molar-refractivity contribution >= 4 is 5.78 Å². The molecule has 0 N–H and O–H groups in total. The van der Waals surface area contributed by atoms with Crippen LogP contribution in [0.1, 0.15) is 85.5 Å². The molecule has 0 heterocycles. The van der Waals surface area contributed by atoms with Gasteiger partial charge in [-0.25, -0.2) is 0 Å². The van der Waals surface area contributed by atoms with Crippen LogP contribution in [0.4, 0.5) is 0 Å². The molecule has 0 aromatic heterocycles. The highest BCUT2D eigenvalue weighted by atomic mass is 16.1. The molecular formula is C15H30O. The lowest BCUT2D eigenvalue weighted by molar-refractivity contribution is -0.127. The Hall–Kier alpha value is -0.330. The van der Waals surface area contributed by atoms with Crippen molar-refractivity contribution in [2.24, 2.45) is 5.41 Å². The Bertz CT molecular complexity index is 182. The largest absolute Gasteiger partial charge is 0.299 e. The molecule has 0 aliphatic rings. The summed E-state index contributed by atoms with van der Waals surface area (Å²) >= 11 is 0. The van der Waals surface area contributed by atoms with Crippen molar-refractivity contribution < 1.29 is 4.79 Å². The van der Waals surface area contributed by atoms with Crippen LogP contribution in [0.2, 0.25) is 0 Å². The van der Waals surface area contributed by atoms with Gasteiger partial charge in [0.05, 0.1) is 0 Å². The molecule has 0 bridgehead atoms. The quantitative estimate of drug-likeness (QED) is 0.472. The van der Waals surface area contributed by atoms with E-state index in [0.717, 1.165) is 19.3 Å². The Morgan fingerprint density at radius 1 is 0.875 bits per heavy atom. The van der Waals surface area contributed by atoms with Crippen molar-refractivity contribution in [3.8, 4) is 0 Å². The van der Waals surface area contributed by atoms with Gasteiger partial charge in [0.15, 0.2) is 0 Å². The Balaban J connectivity index is 3.77. The second-order valence-corrected chi connectivity index (χ2v) is 5.57. The third-order valence-corrected chi connectivity index (χ3v) is 3.42. The van der Waals surface area contributed by atoms with Gasteiger partial charge in [-0.05, 0) is 12.8 Å². The van der Waals surface area contributed by atoms with Crippen LogP contribution in [0.25, 0.3) is 0 Å². The second-order valence-electron chi connectivity index (χ2n) is 5.57. The highest BCUT2D eigenvalue weighted by Crippen LogP contribution is 2.27. The van der Waals surface area contributed by atoms with Crippen molar-refractivity contribution in [1.29, 1.82) is 0 Å². The lowest BCUT2D eigenvalue weighted by atomic mass is 9.80. The first kappa shape index (κ1) is 15.7. The van der Waals surface area contributed by atoms with Crippen LogP contribution >= 0.6 is 0 Å². The first-order chi connectivity index (χ1) is 7.54. The molecule has 0 aliphatic carbocycles. The number of hydrogen-bond acceptors (Lipinski definition) is 1. The van der Waals surface area contributed by atoms with E-state index in [0.29, 0.717) is 5.78 Å². The molecule has 0 aromatic rings. The molecule has 0 atom stereocenters. The molecule has 0 amide bonds. The summed E-state index contributed by atoms with van der Waals surface area (Å²) in [7, 11) is 0. The van der Waals surface area contributed by atoms with Gasteiger partial charge in [-0.1, -0.05) is 66.2 Å². The molecule has 0 rings (SSSR count). The van der Waals surface area contributed by atoms with E-state index in [9.17, 15) is 4.79 Å². The molecule has 1 heteroatoms. The fourth-order valence-electron chi connectivity index (χ4n) is 2.01. The molecule has 0 spiro atoms. The van der Waals surface area contributed by atoms with Crippen molar-refractivity contribution in [1.82, 2.24) is 0 Å². The van der Waals surface area contributed by atoms with Gasteiger partial charge >= 0.3 is 0 Å². The molecule has 0 radical (unpaired) electrons. The normalized spacial score (nSPS) is 11.8. The number of ketones is 1. The topological polar surface area (TPSA) is 17.1 Å². The SMILES string of the molecule is CCCCCCC(C)(C)C(=O)CCCCC. The summed E-state index contributed by atoms with van der Waals surface area (Å²) in [5.74, 6) is 0.470. The van der Waals surface area contributed by atoms with Crippen LogP contribution in [0.5, 0.6) is 0 Å². The predicted octanol–water partition coefficient (Wildman–Crippen LogP) is 5.13. The first-order valence-corrected chi connectivity index (χ1v) is 7.08. The number of Topliss-reactive ketones (excluding diaryl/α,β-unsaturated/α-hetero) is 1. The minimum absolute atomic E-state index is 0.0819. The van der Waals surface area contributed by atoms with Gasteiger partial charge in [0, 0.05) is 11.8 Å². The number of rotatable bonds is 10. The minimum Gasteiger partial charge on any atom is -0.299 e. The lowest BCUT2D eigenvalue weighted by Gasteiger charge is -2.23. The van der Waals surface area contributed by atoms with E-state index < -0.39 is 0 Å². The zero-order valence-electron chi connectivity index (χ0n) is 11.8. The Morgan fingerprint density at radius 2 is 1.44 bits per heavy atom. The van der Waals surface area contributed by atoms with E-state index in [4.69, 9.17) is 0 Å². The zero-order chi connectivity index (χ0) is 12.4. The number of unbranched alkanes of at least 4 members (excludes halogenated alkanes) is 5. The Kier molecular flexibility index (Phi) is 8.60. The summed E-state index contributed by atoms with van der Waals surface area (Å²) in [4.78, 5) is 12.0. The maximum absolute atomic E-state index is 12.0. The van der Waals surface area contributed by atoms with E-state index >= 15 is 0 Å². The zero-order valence-corrected chi connectivity index (χ0v) is 11.8. The minimum atomic E-state index is -0.0819. The monoisotopic (exact) mass is 226 g/mol. The third-order valence-electron chi connectivity index (χ3n) is 3.42. The number of carbonyl (C=O) groups is 1. The van der Waals surface area contributed by atoms with E-state index in [1.807, 2.05) is 0 Å². The van der Waals surface area contributed by atoms with Crippen molar-refractivity contribution in [3.05, 3.63) is 0 Å². The Labute approximate surface area is 102 Å². The number of hydrogen-bond donors (Lipinski definition) is 0. The van der Waals surface area contributed by atoms with Crippen LogP contribution in [0.15, 0.2) is 0 Å². The van der Waals surface area contributed by atoms with E-state index in [1.54, 1.807) is 0 Å². The van der Waals surface area contributed by atoms with Gasteiger partial charge < -0.3 is 0 Å². The van der Waals surface area contributed by atoms with E-state index in [-0.39, 0.29) is 5.41 Å². The van der Waals surface area contributed by atoms with Crippen LogP contribution in [0, 0.1) is 5.41 Å². The predicted molar refractivity (Wildman–Crippen MR) is 71.7 cm³/mol. The van der Waals surface area contributed by atoms with E-state index in [1.165, 1.54) is 38.5 Å². The van der Waals surface area contributed by atoms with Gasteiger partial charge in [-0.2, -0.15) is 0 Å². The molecule has 0 saturated heterocycles. The highest BCUT2D eigenvalue weighted by molar-refractivity contribution is 5.83. The van der Waals surface area contributed by atoms with Crippen LogP contribution in [-0.2, 0) is 4.79 Å². The van der Waals surface area contributed by atoms with Gasteiger partial charge in [-0.3, -0.25) is 4.79 Å². The third kappa shape index (κ3) is 7.03. The smallest absolute Gasteiger partial charge is 0.138 e. The van der Waals surface area contributed by atoms with Gasteiger partial charge in [0.2, 0.25) is 0 Å². The average Bonchev–Trinajstić information content (AvgIpc) is 2.24. The molecular weight excluding hydrogens is 196 g/mol. The summed E-state index contributed by atoms with van der Waals surface area (Å²) < 4.78 is 0. The van der Waals surface area contributed by atoms with E-state index in [2.05, 4.69) is 27.7 Å². The fraction of sp³-hybridized carbons (Fsp3) is 0.933. The van der Waals surface area contributed by atoms with Gasteiger partial charge in [-0.15, -0.1) is 0 Å². The second kappa shape index (κ2) is 8.78. The Morgan fingerprint density at radius 3 is 2.00 bits per heavy atom. The van der Waals surface area contributed by atoms with Crippen LogP contribution < -0.4 is 0 Å². The summed E-state index contributed by atoms with van der Waals surface area (Å²) in [6, 6.07) is 0. The van der Waals surface area contributed by atoms with Gasteiger partial charge in [0.1, 0.15) is 5.78 Å². The lowest BCUT2D eigenvalue weighted by Crippen LogP contribution is -2.23. The fourth-order valence-corrected chi connectivity index (χ4v) is 2.01. The first-order valence-electron chi connectivity index (χ1n) is 7.08. The maximum Gasteiger partial charge on any atom is 0.138 e. The van der Waals surface area contributed by atoms with Crippen LogP contribution in [-0.4, -0.2) is 5.78 Å². The number of carbonyl (C=O) groups excluding carboxylic acids is 1. The molecule has 16 heavy (non-hydrogen) atoms. The van der Waals surface area contributed by atoms with Crippen molar-refractivity contribution in [2.45, 2.75) is 85.5 Å². The molecule has 0 saturated carbocycles.